The van der Waals surface area contributed by atoms with Crippen molar-refractivity contribution in [1.29, 1.82) is 0 Å². The predicted molar refractivity (Wildman–Crippen MR) is 98.9 cm³/mol. The lowest BCUT2D eigenvalue weighted by atomic mass is 9.73. The number of aromatic nitrogens is 2. The highest BCUT2D eigenvalue weighted by Crippen LogP contribution is 2.54. The largest absolute Gasteiger partial charge is 0.370 e. The van der Waals surface area contributed by atoms with E-state index < -0.39 is 0 Å². The molecule has 6 heteroatoms. The van der Waals surface area contributed by atoms with Crippen LogP contribution in [0.4, 0.5) is 0 Å². The summed E-state index contributed by atoms with van der Waals surface area (Å²) in [6.07, 6.45) is 6.87. The van der Waals surface area contributed by atoms with E-state index in [2.05, 4.69) is 39.3 Å². The number of hydrogen-bond acceptors (Lipinski definition) is 5. The Balaban J connectivity index is 1.41. The molecule has 0 unspecified atom stereocenters. The Morgan fingerprint density at radius 1 is 1.46 bits per heavy atom. The zero-order chi connectivity index (χ0) is 18.3. The summed E-state index contributed by atoms with van der Waals surface area (Å²) in [6, 6.07) is 1.75. The monoisotopic (exact) mass is 356 g/mol. The van der Waals surface area contributed by atoms with Crippen molar-refractivity contribution in [2.24, 2.45) is 11.8 Å². The summed E-state index contributed by atoms with van der Waals surface area (Å²) in [5, 5.41) is 3.11. The van der Waals surface area contributed by atoms with Crippen LogP contribution in [-0.4, -0.2) is 58.7 Å². The van der Waals surface area contributed by atoms with Crippen LogP contribution in [-0.2, 0) is 4.74 Å². The fraction of sp³-hybridized carbons (Fsp3) is 0.650. The molecule has 1 N–H and O–H groups in total. The second-order valence-corrected chi connectivity index (χ2v) is 7.95. The lowest BCUT2D eigenvalue weighted by Crippen LogP contribution is -2.42. The molecule has 1 aromatic rings. The summed E-state index contributed by atoms with van der Waals surface area (Å²) in [4.78, 5) is 23.5. The average molecular weight is 356 g/mol. The Kier molecular flexibility index (Phi) is 4.57. The second-order valence-electron chi connectivity index (χ2n) is 7.95. The SMILES string of the molecule is CC=CCN1C[C@@H]2[C@H](CNC(=O)c3cc(C)nc(C)n3)[C@H]3CC[C@]2(C1)O3. The summed E-state index contributed by atoms with van der Waals surface area (Å²) in [5.41, 5.74) is 1.29. The molecule has 1 amide bonds. The van der Waals surface area contributed by atoms with Gasteiger partial charge in [0.1, 0.15) is 11.5 Å². The molecule has 0 radical (unpaired) electrons. The van der Waals surface area contributed by atoms with Crippen molar-refractivity contribution < 1.29 is 9.53 Å². The molecule has 4 rings (SSSR count). The molecule has 3 saturated heterocycles. The van der Waals surface area contributed by atoms with E-state index in [-0.39, 0.29) is 17.6 Å². The van der Waals surface area contributed by atoms with Gasteiger partial charge in [0.2, 0.25) is 0 Å². The number of fused-ring (bicyclic) bond motifs is 1. The first-order valence-corrected chi connectivity index (χ1v) is 9.62. The number of nitrogens with one attached hydrogen (secondary N) is 1. The van der Waals surface area contributed by atoms with Crippen LogP contribution in [0.2, 0.25) is 0 Å². The van der Waals surface area contributed by atoms with Gasteiger partial charge in [-0.05, 0) is 39.7 Å². The van der Waals surface area contributed by atoms with Crippen LogP contribution in [0.1, 0.15) is 41.8 Å². The third kappa shape index (κ3) is 3.05. The van der Waals surface area contributed by atoms with Crippen LogP contribution in [0.25, 0.3) is 0 Å². The van der Waals surface area contributed by atoms with Crippen molar-refractivity contribution in [3.63, 3.8) is 0 Å². The molecular formula is C20H28N4O2. The minimum Gasteiger partial charge on any atom is -0.370 e. The van der Waals surface area contributed by atoms with Gasteiger partial charge < -0.3 is 10.1 Å². The number of ether oxygens (including phenoxy) is 1. The molecule has 3 aliphatic heterocycles. The lowest BCUT2D eigenvalue weighted by molar-refractivity contribution is 0.00364. The van der Waals surface area contributed by atoms with Crippen molar-refractivity contribution in [1.82, 2.24) is 20.2 Å². The van der Waals surface area contributed by atoms with Gasteiger partial charge in [0.15, 0.2) is 0 Å². The Morgan fingerprint density at radius 2 is 2.31 bits per heavy atom. The molecule has 140 valence electrons. The van der Waals surface area contributed by atoms with Crippen molar-refractivity contribution in [2.75, 3.05) is 26.2 Å². The summed E-state index contributed by atoms with van der Waals surface area (Å²) in [7, 11) is 0. The van der Waals surface area contributed by atoms with Gasteiger partial charge in [-0.3, -0.25) is 9.69 Å². The molecule has 3 aliphatic rings. The highest BCUT2D eigenvalue weighted by molar-refractivity contribution is 5.92. The Bertz CT molecular complexity index is 714. The zero-order valence-corrected chi connectivity index (χ0v) is 15.9. The van der Waals surface area contributed by atoms with E-state index >= 15 is 0 Å². The molecule has 0 saturated carbocycles. The number of likely N-dealkylation sites (tertiary alicyclic amines) is 1. The first kappa shape index (κ1) is 17.6. The Hall–Kier alpha value is -1.79. The van der Waals surface area contributed by atoms with Gasteiger partial charge in [0.05, 0.1) is 11.7 Å². The molecule has 1 spiro atoms. The van der Waals surface area contributed by atoms with E-state index in [1.807, 2.05) is 13.8 Å². The number of carbonyl (C=O) groups excluding carboxylic acids is 1. The summed E-state index contributed by atoms with van der Waals surface area (Å²) >= 11 is 0. The molecule has 0 aromatic carbocycles. The molecule has 2 bridgehead atoms. The molecule has 1 aromatic heterocycles. The van der Waals surface area contributed by atoms with E-state index in [1.165, 1.54) is 0 Å². The van der Waals surface area contributed by atoms with Crippen LogP contribution in [0.3, 0.4) is 0 Å². The number of rotatable bonds is 5. The van der Waals surface area contributed by atoms with Crippen molar-refractivity contribution in [2.45, 2.75) is 45.3 Å². The minimum atomic E-state index is -0.112. The van der Waals surface area contributed by atoms with Crippen molar-refractivity contribution in [3.8, 4) is 0 Å². The van der Waals surface area contributed by atoms with Gasteiger partial charge in [0.25, 0.3) is 5.91 Å². The number of hydrogen-bond donors (Lipinski definition) is 1. The molecule has 4 heterocycles. The van der Waals surface area contributed by atoms with Gasteiger partial charge in [-0.2, -0.15) is 0 Å². The first-order valence-electron chi connectivity index (χ1n) is 9.62. The van der Waals surface area contributed by atoms with Crippen LogP contribution < -0.4 is 5.32 Å². The van der Waals surface area contributed by atoms with Gasteiger partial charge in [-0.15, -0.1) is 0 Å². The standard InChI is InChI=1S/C20H28N4O2/c1-4-5-8-24-11-16-15(18-6-7-20(16,12-24)26-18)10-21-19(25)17-9-13(2)22-14(3)23-17/h4-5,9,15-16,18H,6-8,10-12H2,1-3H3,(H,21,25)/t15-,16+,18+,20+/m0/s1. The predicted octanol–water partition coefficient (Wildman–Crippen LogP) is 1.88. The molecule has 6 nitrogen and oxygen atoms in total. The highest BCUT2D eigenvalue weighted by Gasteiger charge is 2.62. The second kappa shape index (κ2) is 6.74. The number of amides is 1. The lowest BCUT2D eigenvalue weighted by Gasteiger charge is -2.29. The maximum absolute atomic E-state index is 12.5. The molecule has 4 atom stereocenters. The van der Waals surface area contributed by atoms with Gasteiger partial charge in [-0.25, -0.2) is 9.97 Å². The Labute approximate surface area is 155 Å². The molecule has 3 fully saturated rings. The Morgan fingerprint density at radius 3 is 3.08 bits per heavy atom. The van der Waals surface area contributed by atoms with Crippen LogP contribution >= 0.6 is 0 Å². The molecule has 26 heavy (non-hydrogen) atoms. The van der Waals surface area contributed by atoms with Crippen molar-refractivity contribution >= 4 is 5.91 Å². The van der Waals surface area contributed by atoms with Gasteiger partial charge in [-0.1, -0.05) is 12.2 Å². The van der Waals surface area contributed by atoms with Crippen LogP contribution in [0, 0.1) is 25.7 Å². The summed E-state index contributed by atoms with van der Waals surface area (Å²) in [6.45, 7) is 9.50. The quantitative estimate of drug-likeness (QED) is 0.816. The maximum atomic E-state index is 12.5. The van der Waals surface area contributed by atoms with Crippen molar-refractivity contribution in [3.05, 3.63) is 35.4 Å². The highest BCUT2D eigenvalue weighted by atomic mass is 16.5. The third-order valence-corrected chi connectivity index (χ3v) is 6.15. The number of aryl methyl sites for hydroxylation is 2. The van der Waals surface area contributed by atoms with E-state index in [1.54, 1.807) is 6.07 Å². The molecular weight excluding hydrogens is 328 g/mol. The number of nitrogens with zero attached hydrogens (tertiary/aromatic N) is 3. The van der Waals surface area contributed by atoms with E-state index in [9.17, 15) is 4.79 Å². The fourth-order valence-corrected chi connectivity index (χ4v) is 5.09. The zero-order valence-electron chi connectivity index (χ0n) is 15.9. The normalized spacial score (nSPS) is 33.1. The minimum absolute atomic E-state index is 0.0176. The van der Waals surface area contributed by atoms with Gasteiger partial charge in [0, 0.05) is 43.7 Å². The average Bonchev–Trinajstić information content (AvgIpc) is 3.25. The van der Waals surface area contributed by atoms with Crippen LogP contribution in [0.15, 0.2) is 18.2 Å². The van der Waals surface area contributed by atoms with Gasteiger partial charge >= 0.3 is 0 Å². The third-order valence-electron chi connectivity index (χ3n) is 6.15. The van der Waals surface area contributed by atoms with E-state index in [0.717, 1.165) is 38.2 Å². The van der Waals surface area contributed by atoms with E-state index in [0.29, 0.717) is 29.9 Å². The topological polar surface area (TPSA) is 67.4 Å². The maximum Gasteiger partial charge on any atom is 0.270 e. The fourth-order valence-electron chi connectivity index (χ4n) is 5.09. The smallest absolute Gasteiger partial charge is 0.270 e. The molecule has 0 aliphatic carbocycles. The first-order chi connectivity index (χ1) is 12.5. The number of allylic oxidation sites excluding steroid dienone is 1. The van der Waals surface area contributed by atoms with E-state index in [4.69, 9.17) is 4.74 Å². The summed E-state index contributed by atoms with van der Waals surface area (Å²) in [5.74, 6) is 1.43. The number of carbonyl (C=O) groups is 1. The van der Waals surface area contributed by atoms with Crippen LogP contribution in [0.5, 0.6) is 0 Å². The summed E-state index contributed by atoms with van der Waals surface area (Å²) < 4.78 is 6.44.